The summed E-state index contributed by atoms with van der Waals surface area (Å²) in [5, 5.41) is 8.45. The molecule has 3 nitrogen and oxygen atoms in total. The maximum absolute atomic E-state index is 13.1. The largest absolute Gasteiger partial charge is 0.396 e. The highest BCUT2D eigenvalue weighted by atomic mass is 19.3. The Morgan fingerprint density at radius 1 is 1.40 bits per heavy atom. The van der Waals surface area contributed by atoms with Gasteiger partial charge in [-0.1, -0.05) is 0 Å². The van der Waals surface area contributed by atoms with Gasteiger partial charge in [-0.2, -0.15) is 0 Å². The molecular formula is C10H18F2O3. The zero-order valence-electron chi connectivity index (χ0n) is 8.75. The van der Waals surface area contributed by atoms with Gasteiger partial charge in [-0.25, -0.2) is 8.78 Å². The maximum Gasteiger partial charge on any atom is 0.271 e. The van der Waals surface area contributed by atoms with Crippen molar-refractivity contribution >= 4 is 0 Å². The lowest BCUT2D eigenvalue weighted by atomic mass is 10.2. The van der Waals surface area contributed by atoms with E-state index in [1.54, 1.807) is 0 Å². The molecule has 0 spiro atoms. The number of hydrogen-bond donors (Lipinski definition) is 1. The molecular weight excluding hydrogens is 206 g/mol. The summed E-state index contributed by atoms with van der Waals surface area (Å²) in [5.74, 6) is -2.86. The van der Waals surface area contributed by atoms with E-state index in [1.165, 1.54) is 0 Å². The number of aliphatic hydroxyl groups is 1. The van der Waals surface area contributed by atoms with Gasteiger partial charge < -0.3 is 14.6 Å². The average Bonchev–Trinajstić information content (AvgIpc) is 2.25. The third kappa shape index (κ3) is 5.39. The topological polar surface area (TPSA) is 38.7 Å². The number of rotatable bonds is 6. The molecule has 15 heavy (non-hydrogen) atoms. The molecule has 1 aliphatic heterocycles. The Labute approximate surface area is 88.4 Å². The number of hydrogen-bond acceptors (Lipinski definition) is 3. The number of halogens is 2. The van der Waals surface area contributed by atoms with Gasteiger partial charge in [0.25, 0.3) is 5.92 Å². The van der Waals surface area contributed by atoms with Gasteiger partial charge in [0.1, 0.15) is 6.61 Å². The van der Waals surface area contributed by atoms with Crippen LogP contribution >= 0.6 is 0 Å². The lowest BCUT2D eigenvalue weighted by molar-refractivity contribution is -0.201. The SMILES string of the molecule is OCCCC(F)(F)COC1CCCCO1. The zero-order chi connectivity index (χ0) is 11.1. The summed E-state index contributed by atoms with van der Waals surface area (Å²) in [6, 6.07) is 0. The van der Waals surface area contributed by atoms with Crippen LogP contribution in [0.1, 0.15) is 32.1 Å². The first-order valence-electron chi connectivity index (χ1n) is 5.36. The third-order valence-electron chi connectivity index (χ3n) is 2.32. The van der Waals surface area contributed by atoms with Crippen LogP contribution in [0.4, 0.5) is 8.78 Å². The smallest absolute Gasteiger partial charge is 0.271 e. The van der Waals surface area contributed by atoms with Crippen molar-refractivity contribution in [2.24, 2.45) is 0 Å². The highest BCUT2D eigenvalue weighted by molar-refractivity contribution is 4.66. The summed E-state index contributed by atoms with van der Waals surface area (Å²) < 4.78 is 36.3. The van der Waals surface area contributed by atoms with E-state index in [2.05, 4.69) is 0 Å². The fourth-order valence-electron chi connectivity index (χ4n) is 1.47. The first kappa shape index (κ1) is 12.8. The van der Waals surface area contributed by atoms with Gasteiger partial charge in [0.2, 0.25) is 0 Å². The standard InChI is InChI=1S/C10H18F2O3/c11-10(12,5-3-6-13)8-15-9-4-1-2-7-14-9/h9,13H,1-8H2. The molecule has 1 fully saturated rings. The molecule has 1 N–H and O–H groups in total. The molecule has 1 unspecified atom stereocenters. The summed E-state index contributed by atoms with van der Waals surface area (Å²) in [4.78, 5) is 0. The van der Waals surface area contributed by atoms with Crippen LogP contribution in [0.15, 0.2) is 0 Å². The molecule has 1 aliphatic rings. The average molecular weight is 224 g/mol. The Morgan fingerprint density at radius 2 is 2.20 bits per heavy atom. The van der Waals surface area contributed by atoms with Gasteiger partial charge in [-0.3, -0.25) is 0 Å². The van der Waals surface area contributed by atoms with Crippen molar-refractivity contribution in [2.75, 3.05) is 19.8 Å². The number of ether oxygens (including phenoxy) is 2. The summed E-state index contributed by atoms with van der Waals surface area (Å²) >= 11 is 0. The van der Waals surface area contributed by atoms with Crippen LogP contribution < -0.4 is 0 Å². The summed E-state index contributed by atoms with van der Waals surface area (Å²) in [7, 11) is 0. The van der Waals surface area contributed by atoms with Crippen molar-refractivity contribution in [3.8, 4) is 0 Å². The minimum Gasteiger partial charge on any atom is -0.396 e. The maximum atomic E-state index is 13.1. The van der Waals surface area contributed by atoms with E-state index in [1.807, 2.05) is 0 Å². The van der Waals surface area contributed by atoms with Crippen LogP contribution in [0, 0.1) is 0 Å². The molecule has 1 atom stereocenters. The molecule has 5 heteroatoms. The second kappa shape index (κ2) is 6.35. The second-order valence-corrected chi connectivity index (χ2v) is 3.79. The minimum absolute atomic E-state index is 0.0991. The van der Waals surface area contributed by atoms with E-state index in [9.17, 15) is 8.78 Å². The van der Waals surface area contributed by atoms with Crippen LogP contribution in [0.2, 0.25) is 0 Å². The Bertz CT molecular complexity index is 170. The first-order valence-corrected chi connectivity index (χ1v) is 5.36. The van der Waals surface area contributed by atoms with E-state index in [4.69, 9.17) is 14.6 Å². The fourth-order valence-corrected chi connectivity index (χ4v) is 1.47. The fraction of sp³-hybridized carbons (Fsp3) is 1.00. The van der Waals surface area contributed by atoms with E-state index in [-0.39, 0.29) is 19.4 Å². The lowest BCUT2D eigenvalue weighted by Crippen LogP contribution is -2.30. The monoisotopic (exact) mass is 224 g/mol. The lowest BCUT2D eigenvalue weighted by Gasteiger charge is -2.25. The van der Waals surface area contributed by atoms with Crippen LogP contribution in [-0.4, -0.2) is 37.1 Å². The molecule has 0 aromatic carbocycles. The molecule has 1 rings (SSSR count). The van der Waals surface area contributed by atoms with Crippen LogP contribution in [0.5, 0.6) is 0 Å². The predicted molar refractivity (Wildman–Crippen MR) is 50.8 cm³/mol. The first-order chi connectivity index (χ1) is 7.14. The Morgan fingerprint density at radius 3 is 2.80 bits per heavy atom. The van der Waals surface area contributed by atoms with Crippen LogP contribution in [0.25, 0.3) is 0 Å². The van der Waals surface area contributed by atoms with Crippen LogP contribution in [-0.2, 0) is 9.47 Å². The Balaban J connectivity index is 2.15. The van der Waals surface area contributed by atoms with Gasteiger partial charge in [-0.15, -0.1) is 0 Å². The third-order valence-corrected chi connectivity index (χ3v) is 2.32. The minimum atomic E-state index is -2.86. The van der Waals surface area contributed by atoms with Crippen molar-refractivity contribution < 1.29 is 23.4 Å². The van der Waals surface area contributed by atoms with E-state index in [0.717, 1.165) is 12.8 Å². The molecule has 0 saturated carbocycles. The molecule has 0 aromatic heterocycles. The van der Waals surface area contributed by atoms with Gasteiger partial charge in [0.05, 0.1) is 0 Å². The van der Waals surface area contributed by atoms with Gasteiger partial charge in [0.15, 0.2) is 6.29 Å². The number of aliphatic hydroxyl groups excluding tert-OH is 1. The molecule has 1 heterocycles. The molecule has 0 radical (unpaired) electrons. The van der Waals surface area contributed by atoms with Crippen molar-refractivity contribution in [3.63, 3.8) is 0 Å². The predicted octanol–water partition coefficient (Wildman–Crippen LogP) is 1.94. The van der Waals surface area contributed by atoms with Crippen molar-refractivity contribution in [3.05, 3.63) is 0 Å². The van der Waals surface area contributed by atoms with Crippen LogP contribution in [0.3, 0.4) is 0 Å². The zero-order valence-corrected chi connectivity index (χ0v) is 8.75. The highest BCUT2D eigenvalue weighted by Crippen LogP contribution is 2.23. The van der Waals surface area contributed by atoms with E-state index >= 15 is 0 Å². The summed E-state index contributed by atoms with van der Waals surface area (Å²) in [6.07, 6.45) is 1.92. The van der Waals surface area contributed by atoms with Gasteiger partial charge in [0, 0.05) is 19.6 Å². The molecule has 90 valence electrons. The van der Waals surface area contributed by atoms with Crippen molar-refractivity contribution in [1.29, 1.82) is 0 Å². The highest BCUT2D eigenvalue weighted by Gasteiger charge is 2.30. The molecule has 0 bridgehead atoms. The normalized spacial score (nSPS) is 23.0. The number of alkyl halides is 2. The van der Waals surface area contributed by atoms with E-state index < -0.39 is 18.8 Å². The summed E-state index contributed by atoms with van der Waals surface area (Å²) in [5.41, 5.74) is 0. The molecule has 1 saturated heterocycles. The molecule has 0 amide bonds. The quantitative estimate of drug-likeness (QED) is 0.749. The Hall–Kier alpha value is -0.260. The van der Waals surface area contributed by atoms with Gasteiger partial charge in [-0.05, 0) is 25.7 Å². The van der Waals surface area contributed by atoms with Crippen molar-refractivity contribution in [1.82, 2.24) is 0 Å². The van der Waals surface area contributed by atoms with Gasteiger partial charge >= 0.3 is 0 Å². The Kier molecular flexibility index (Phi) is 5.42. The molecule has 0 aliphatic carbocycles. The second-order valence-electron chi connectivity index (χ2n) is 3.79. The van der Waals surface area contributed by atoms with Crippen molar-refractivity contribution in [2.45, 2.75) is 44.3 Å². The molecule has 0 aromatic rings. The van der Waals surface area contributed by atoms with E-state index in [0.29, 0.717) is 13.0 Å². The summed E-state index contributed by atoms with van der Waals surface area (Å²) in [6.45, 7) is -0.236.